The highest BCUT2D eigenvalue weighted by molar-refractivity contribution is 7.10. The van der Waals surface area contributed by atoms with Crippen LogP contribution in [0.15, 0.2) is 11.4 Å². The zero-order chi connectivity index (χ0) is 7.84. The molecule has 1 N–H and O–H groups in total. The molecule has 0 radical (unpaired) electrons. The molecular formula is C8H9ClOS. The van der Waals surface area contributed by atoms with Gasteiger partial charge in [0.2, 0.25) is 0 Å². The van der Waals surface area contributed by atoms with Gasteiger partial charge in [0, 0.05) is 16.9 Å². The maximum Gasteiger partial charge on any atom is 0.0515 e. The fourth-order valence-electron chi connectivity index (χ4n) is 1.32. The molecule has 1 aromatic rings. The Morgan fingerprint density at radius 1 is 1.73 bits per heavy atom. The summed E-state index contributed by atoms with van der Waals surface area (Å²) in [6.07, 6.45) is 1.13. The Labute approximate surface area is 74.6 Å². The molecule has 0 aromatic carbocycles. The van der Waals surface area contributed by atoms with E-state index in [1.807, 2.05) is 11.4 Å². The summed E-state index contributed by atoms with van der Waals surface area (Å²) < 4.78 is 0. The molecule has 1 heterocycles. The van der Waals surface area contributed by atoms with E-state index in [0.29, 0.717) is 18.4 Å². The zero-order valence-electron chi connectivity index (χ0n) is 5.96. The molecule has 1 aliphatic rings. The average Bonchev–Trinajstić information content (AvgIpc) is 2.68. The van der Waals surface area contributed by atoms with Gasteiger partial charge in [-0.1, -0.05) is 11.6 Å². The number of hydrogen-bond acceptors (Lipinski definition) is 2. The van der Waals surface area contributed by atoms with Crippen LogP contribution >= 0.6 is 22.9 Å². The van der Waals surface area contributed by atoms with E-state index in [4.69, 9.17) is 16.7 Å². The van der Waals surface area contributed by atoms with Gasteiger partial charge in [-0.25, -0.2) is 0 Å². The van der Waals surface area contributed by atoms with Gasteiger partial charge in [-0.05, 0) is 24.3 Å². The lowest BCUT2D eigenvalue weighted by Crippen LogP contribution is -1.85. The van der Waals surface area contributed by atoms with E-state index in [1.165, 1.54) is 4.88 Å². The molecule has 0 spiro atoms. The lowest BCUT2D eigenvalue weighted by Gasteiger charge is -1.89. The van der Waals surface area contributed by atoms with Gasteiger partial charge in [-0.2, -0.15) is 0 Å². The van der Waals surface area contributed by atoms with Crippen LogP contribution in [0.25, 0.3) is 0 Å². The van der Waals surface area contributed by atoms with Crippen molar-refractivity contribution in [2.24, 2.45) is 5.92 Å². The predicted octanol–water partition coefficient (Wildman–Crippen LogP) is 2.50. The fourth-order valence-corrected chi connectivity index (χ4v) is 2.61. The molecule has 1 saturated carbocycles. The van der Waals surface area contributed by atoms with Gasteiger partial charge >= 0.3 is 0 Å². The van der Waals surface area contributed by atoms with Crippen LogP contribution in [0.2, 0.25) is 5.02 Å². The van der Waals surface area contributed by atoms with Crippen LogP contribution < -0.4 is 0 Å². The molecule has 11 heavy (non-hydrogen) atoms. The highest BCUT2D eigenvalue weighted by atomic mass is 35.5. The van der Waals surface area contributed by atoms with Crippen LogP contribution in [0.4, 0.5) is 0 Å². The Balaban J connectivity index is 2.08. The van der Waals surface area contributed by atoms with E-state index < -0.39 is 0 Å². The van der Waals surface area contributed by atoms with Crippen LogP contribution in [0.3, 0.4) is 0 Å². The van der Waals surface area contributed by atoms with Crippen molar-refractivity contribution in [3.63, 3.8) is 0 Å². The highest BCUT2D eigenvalue weighted by Gasteiger charge is 2.38. The molecule has 1 aromatic heterocycles. The van der Waals surface area contributed by atoms with Gasteiger partial charge in [-0.15, -0.1) is 11.3 Å². The van der Waals surface area contributed by atoms with Gasteiger partial charge in [0.15, 0.2) is 0 Å². The Bertz CT molecular complexity index is 258. The standard InChI is InChI=1S/C8H9ClOS/c9-6-2-8(11-4-6)7-1-5(7)3-10/h2,4-5,7,10H,1,3H2. The first kappa shape index (κ1) is 7.59. The topological polar surface area (TPSA) is 20.2 Å². The van der Waals surface area contributed by atoms with Crippen LogP contribution in [0.1, 0.15) is 17.2 Å². The van der Waals surface area contributed by atoms with E-state index in [0.717, 1.165) is 11.4 Å². The summed E-state index contributed by atoms with van der Waals surface area (Å²) >= 11 is 7.47. The van der Waals surface area contributed by atoms with Crippen LogP contribution in [0.5, 0.6) is 0 Å². The zero-order valence-corrected chi connectivity index (χ0v) is 7.53. The van der Waals surface area contributed by atoms with Crippen molar-refractivity contribution in [2.75, 3.05) is 6.61 Å². The average molecular weight is 189 g/mol. The molecule has 0 aliphatic heterocycles. The van der Waals surface area contributed by atoms with Gasteiger partial charge in [0.05, 0.1) is 5.02 Å². The van der Waals surface area contributed by atoms with Crippen molar-refractivity contribution in [1.29, 1.82) is 0 Å². The first-order valence-corrected chi connectivity index (χ1v) is 4.92. The number of thiophene rings is 1. The molecule has 0 bridgehead atoms. The van der Waals surface area contributed by atoms with E-state index in [9.17, 15) is 0 Å². The minimum Gasteiger partial charge on any atom is -0.396 e. The third-order valence-corrected chi connectivity index (χ3v) is 3.52. The second kappa shape index (κ2) is 2.77. The summed E-state index contributed by atoms with van der Waals surface area (Å²) in [4.78, 5) is 1.33. The summed E-state index contributed by atoms with van der Waals surface area (Å²) in [6.45, 7) is 0.320. The second-order valence-corrected chi connectivity index (χ2v) is 4.33. The van der Waals surface area contributed by atoms with Crippen molar-refractivity contribution in [1.82, 2.24) is 0 Å². The Hall–Kier alpha value is -0.0500. The van der Waals surface area contributed by atoms with Crippen LogP contribution in [-0.4, -0.2) is 11.7 Å². The number of aliphatic hydroxyl groups excluding tert-OH is 1. The molecule has 3 heteroatoms. The van der Waals surface area contributed by atoms with Crippen LogP contribution in [-0.2, 0) is 0 Å². The summed E-state index contributed by atoms with van der Waals surface area (Å²) in [6, 6.07) is 2.01. The van der Waals surface area contributed by atoms with Crippen molar-refractivity contribution in [2.45, 2.75) is 12.3 Å². The molecule has 1 fully saturated rings. The smallest absolute Gasteiger partial charge is 0.0515 e. The number of halogens is 1. The fraction of sp³-hybridized carbons (Fsp3) is 0.500. The Morgan fingerprint density at radius 3 is 3.00 bits per heavy atom. The highest BCUT2D eigenvalue weighted by Crippen LogP contribution is 2.49. The lowest BCUT2D eigenvalue weighted by atomic mass is 10.3. The Kier molecular flexibility index (Phi) is 1.91. The third kappa shape index (κ3) is 1.43. The molecule has 0 saturated heterocycles. The van der Waals surface area contributed by atoms with Gasteiger partial charge in [0.1, 0.15) is 0 Å². The van der Waals surface area contributed by atoms with Gasteiger partial charge in [-0.3, -0.25) is 0 Å². The summed E-state index contributed by atoms with van der Waals surface area (Å²) in [5.74, 6) is 1.10. The molecule has 2 atom stereocenters. The lowest BCUT2D eigenvalue weighted by molar-refractivity contribution is 0.274. The van der Waals surface area contributed by atoms with E-state index in [2.05, 4.69) is 0 Å². The van der Waals surface area contributed by atoms with E-state index in [1.54, 1.807) is 11.3 Å². The first-order valence-electron chi connectivity index (χ1n) is 3.66. The molecule has 2 rings (SSSR count). The summed E-state index contributed by atoms with van der Waals surface area (Å²) in [7, 11) is 0. The number of hydrogen-bond donors (Lipinski definition) is 1. The molecule has 0 amide bonds. The van der Waals surface area contributed by atoms with Crippen molar-refractivity contribution >= 4 is 22.9 Å². The normalized spacial score (nSPS) is 28.9. The molecule has 2 unspecified atom stereocenters. The largest absolute Gasteiger partial charge is 0.396 e. The maximum atomic E-state index is 8.82. The summed E-state index contributed by atoms with van der Waals surface area (Å²) in [5.41, 5.74) is 0. The second-order valence-electron chi connectivity index (χ2n) is 2.95. The SMILES string of the molecule is OCC1CC1c1cc(Cl)cs1. The van der Waals surface area contributed by atoms with Crippen molar-refractivity contribution in [3.8, 4) is 0 Å². The number of rotatable bonds is 2. The van der Waals surface area contributed by atoms with Crippen molar-refractivity contribution < 1.29 is 5.11 Å². The quantitative estimate of drug-likeness (QED) is 0.756. The third-order valence-electron chi connectivity index (χ3n) is 2.11. The molecule has 1 nitrogen and oxygen atoms in total. The van der Waals surface area contributed by atoms with Gasteiger partial charge < -0.3 is 5.11 Å². The minimum atomic E-state index is 0.320. The first-order chi connectivity index (χ1) is 5.31. The number of aliphatic hydroxyl groups is 1. The van der Waals surface area contributed by atoms with E-state index in [-0.39, 0.29) is 0 Å². The van der Waals surface area contributed by atoms with E-state index >= 15 is 0 Å². The van der Waals surface area contributed by atoms with Gasteiger partial charge in [0.25, 0.3) is 0 Å². The molecule has 1 aliphatic carbocycles. The maximum absolute atomic E-state index is 8.82. The predicted molar refractivity (Wildman–Crippen MR) is 47.3 cm³/mol. The van der Waals surface area contributed by atoms with Crippen molar-refractivity contribution in [3.05, 3.63) is 21.3 Å². The summed E-state index contributed by atoms with van der Waals surface area (Å²) in [5, 5.41) is 11.6. The molecular weight excluding hydrogens is 180 g/mol. The minimum absolute atomic E-state index is 0.320. The monoisotopic (exact) mass is 188 g/mol. The van der Waals surface area contributed by atoms with Crippen LogP contribution in [0, 0.1) is 5.92 Å². The molecule has 60 valence electrons. The Morgan fingerprint density at radius 2 is 2.55 bits per heavy atom.